The molecule has 1 fully saturated rings. The van der Waals surface area contributed by atoms with Gasteiger partial charge in [-0.2, -0.15) is 13.2 Å². The standard InChI is InChI=1S/C35H40F3N5O4/c1-21(2)15-29(43-20-24(9-13-41-11-6-12-41)27(17-30(43)44)35(36,37)38)34(47)40-28(18-31(45)46)25-16-26(33-39-10-14-42(33)19-25)32-22(3)7-5-8-23(32)4/h5,7-8,10,14,16-17,19-21,28-29H,6,9,11-13,15,18H2,1-4H3,(H,40,47)(H,45,46)/t28-,29+/m1/s1. The Morgan fingerprint density at radius 2 is 1.79 bits per heavy atom. The molecule has 0 unspecified atom stereocenters. The first-order valence-electron chi connectivity index (χ1n) is 15.8. The van der Waals surface area contributed by atoms with Gasteiger partial charge in [-0.15, -0.1) is 0 Å². The molecular formula is C35H40F3N5O4. The van der Waals surface area contributed by atoms with Gasteiger partial charge in [0.1, 0.15) is 11.7 Å². The van der Waals surface area contributed by atoms with Crippen molar-refractivity contribution < 1.29 is 27.9 Å². The van der Waals surface area contributed by atoms with E-state index in [0.717, 1.165) is 46.3 Å². The van der Waals surface area contributed by atoms with Crippen molar-refractivity contribution in [1.29, 1.82) is 0 Å². The number of amides is 1. The first kappa shape index (κ1) is 33.9. The molecule has 0 spiro atoms. The molecule has 9 nitrogen and oxygen atoms in total. The number of hydrogen-bond acceptors (Lipinski definition) is 5. The van der Waals surface area contributed by atoms with Gasteiger partial charge in [0.15, 0.2) is 0 Å². The molecule has 5 rings (SSSR count). The minimum absolute atomic E-state index is 0.0588. The third-order valence-corrected chi connectivity index (χ3v) is 8.80. The van der Waals surface area contributed by atoms with Crippen LogP contribution in [0.15, 0.2) is 59.9 Å². The van der Waals surface area contributed by atoms with Crippen molar-refractivity contribution in [2.24, 2.45) is 5.92 Å². The fraction of sp³-hybridized carbons (Fsp3) is 0.429. The van der Waals surface area contributed by atoms with E-state index in [1.54, 1.807) is 23.0 Å². The number of aromatic nitrogens is 3. The number of carbonyl (C=O) groups is 2. The molecule has 1 aliphatic heterocycles. The zero-order chi connectivity index (χ0) is 34.0. The highest BCUT2D eigenvalue weighted by Gasteiger charge is 2.36. The number of fused-ring (bicyclic) bond motifs is 1. The highest BCUT2D eigenvalue weighted by Crippen LogP contribution is 2.34. The summed E-state index contributed by atoms with van der Waals surface area (Å²) < 4.78 is 44.9. The lowest BCUT2D eigenvalue weighted by atomic mass is 9.93. The predicted octanol–water partition coefficient (Wildman–Crippen LogP) is 5.97. The van der Waals surface area contributed by atoms with Gasteiger partial charge in [0, 0.05) is 43.0 Å². The molecule has 3 aromatic heterocycles. The Bertz CT molecular complexity index is 1820. The lowest BCUT2D eigenvalue weighted by Crippen LogP contribution is -2.41. The minimum atomic E-state index is -4.73. The molecule has 1 saturated heterocycles. The van der Waals surface area contributed by atoms with E-state index in [4.69, 9.17) is 0 Å². The maximum atomic E-state index is 14.1. The third-order valence-electron chi connectivity index (χ3n) is 8.80. The van der Waals surface area contributed by atoms with Crippen LogP contribution in [0.25, 0.3) is 16.8 Å². The van der Waals surface area contributed by atoms with E-state index in [-0.39, 0.29) is 24.3 Å². The number of halogens is 3. The normalized spacial score (nSPS) is 15.1. The van der Waals surface area contributed by atoms with E-state index in [1.165, 1.54) is 6.20 Å². The molecule has 4 aromatic rings. The van der Waals surface area contributed by atoms with Crippen molar-refractivity contribution >= 4 is 17.5 Å². The van der Waals surface area contributed by atoms with Gasteiger partial charge < -0.3 is 24.3 Å². The van der Waals surface area contributed by atoms with Crippen LogP contribution in [0.3, 0.4) is 0 Å². The second-order valence-electron chi connectivity index (χ2n) is 12.8. The predicted molar refractivity (Wildman–Crippen MR) is 172 cm³/mol. The van der Waals surface area contributed by atoms with E-state index < -0.39 is 47.7 Å². The number of benzene rings is 1. The number of carboxylic acids is 1. The van der Waals surface area contributed by atoms with Crippen LogP contribution < -0.4 is 10.9 Å². The van der Waals surface area contributed by atoms with Crippen molar-refractivity contribution in [3.8, 4) is 11.1 Å². The van der Waals surface area contributed by atoms with Crippen LogP contribution in [-0.2, 0) is 22.2 Å². The zero-order valence-electron chi connectivity index (χ0n) is 27.0. The monoisotopic (exact) mass is 651 g/mol. The van der Waals surface area contributed by atoms with E-state index in [0.29, 0.717) is 23.8 Å². The highest BCUT2D eigenvalue weighted by atomic mass is 19.4. The van der Waals surface area contributed by atoms with Crippen LogP contribution in [0, 0.1) is 19.8 Å². The number of carboxylic acid groups (broad SMARTS) is 1. The van der Waals surface area contributed by atoms with E-state index in [1.807, 2.05) is 56.9 Å². The number of alkyl halides is 3. The van der Waals surface area contributed by atoms with Crippen molar-refractivity contribution in [3.05, 3.63) is 93.3 Å². The summed E-state index contributed by atoms with van der Waals surface area (Å²) in [7, 11) is 0. The Hall–Kier alpha value is -4.45. The van der Waals surface area contributed by atoms with Gasteiger partial charge in [0.05, 0.1) is 18.0 Å². The summed E-state index contributed by atoms with van der Waals surface area (Å²) >= 11 is 0. The topological polar surface area (TPSA) is 109 Å². The van der Waals surface area contributed by atoms with Crippen LogP contribution in [0.5, 0.6) is 0 Å². The molecule has 0 bridgehead atoms. The number of aryl methyl sites for hydroxylation is 2. The maximum absolute atomic E-state index is 14.1. The number of pyridine rings is 2. The summed E-state index contributed by atoms with van der Waals surface area (Å²) in [5.74, 6) is -1.92. The van der Waals surface area contributed by atoms with Gasteiger partial charge in [0.2, 0.25) is 5.91 Å². The van der Waals surface area contributed by atoms with Crippen molar-refractivity contribution in [3.63, 3.8) is 0 Å². The third kappa shape index (κ3) is 7.59. The Balaban J connectivity index is 1.55. The van der Waals surface area contributed by atoms with E-state index in [9.17, 15) is 32.7 Å². The SMILES string of the molecule is Cc1cccc(C)c1-c1cc([C@@H](CC(=O)O)NC(=O)[C@H](CC(C)C)n2cc(CCN3CCC3)c(C(F)(F)F)cc2=O)cn2ccnc12. The molecule has 2 N–H and O–H groups in total. The van der Waals surface area contributed by atoms with Gasteiger partial charge in [-0.3, -0.25) is 14.4 Å². The van der Waals surface area contributed by atoms with Crippen molar-refractivity contribution in [2.75, 3.05) is 19.6 Å². The minimum Gasteiger partial charge on any atom is -0.481 e. The summed E-state index contributed by atoms with van der Waals surface area (Å²) in [4.78, 5) is 46.0. The number of carbonyl (C=O) groups excluding carboxylic acids is 1. The van der Waals surface area contributed by atoms with Crippen molar-refractivity contribution in [2.45, 2.75) is 71.6 Å². The summed E-state index contributed by atoms with van der Waals surface area (Å²) in [5.41, 5.74) is 2.84. The van der Waals surface area contributed by atoms with E-state index in [2.05, 4.69) is 10.3 Å². The number of rotatable bonds is 12. The Morgan fingerprint density at radius 3 is 2.38 bits per heavy atom. The van der Waals surface area contributed by atoms with E-state index >= 15 is 0 Å². The van der Waals surface area contributed by atoms with Crippen LogP contribution in [0.1, 0.15) is 73.0 Å². The summed E-state index contributed by atoms with van der Waals surface area (Å²) in [6, 6.07) is 6.11. The van der Waals surface area contributed by atoms with Crippen LogP contribution in [-0.4, -0.2) is 55.5 Å². The fourth-order valence-electron chi connectivity index (χ4n) is 6.34. The molecule has 1 aromatic carbocycles. The number of hydrogen-bond donors (Lipinski definition) is 2. The molecule has 0 aliphatic carbocycles. The maximum Gasteiger partial charge on any atom is 0.416 e. The van der Waals surface area contributed by atoms with Gasteiger partial charge in [-0.25, -0.2) is 4.98 Å². The smallest absolute Gasteiger partial charge is 0.416 e. The molecule has 4 heterocycles. The molecule has 12 heteroatoms. The zero-order valence-corrected chi connectivity index (χ0v) is 27.0. The van der Waals surface area contributed by atoms with Crippen molar-refractivity contribution in [1.82, 2.24) is 24.2 Å². The van der Waals surface area contributed by atoms with Gasteiger partial charge in [-0.1, -0.05) is 32.0 Å². The quantitative estimate of drug-likeness (QED) is 0.196. The number of aliphatic carboxylic acids is 1. The van der Waals surface area contributed by atoms with Gasteiger partial charge >= 0.3 is 12.1 Å². The molecule has 47 heavy (non-hydrogen) atoms. The number of imidazole rings is 1. The second kappa shape index (κ2) is 13.7. The van der Waals surface area contributed by atoms with Gasteiger partial charge in [-0.05, 0) is 86.0 Å². The largest absolute Gasteiger partial charge is 0.481 e. The number of nitrogens with zero attached hydrogens (tertiary/aromatic N) is 4. The second-order valence-corrected chi connectivity index (χ2v) is 12.8. The van der Waals surface area contributed by atoms with Crippen LogP contribution in [0.2, 0.25) is 0 Å². The number of nitrogens with one attached hydrogen (secondary N) is 1. The first-order valence-corrected chi connectivity index (χ1v) is 15.8. The molecule has 0 radical (unpaired) electrons. The number of likely N-dealkylation sites (tertiary alicyclic amines) is 1. The lowest BCUT2D eigenvalue weighted by molar-refractivity contribution is -0.139. The highest BCUT2D eigenvalue weighted by molar-refractivity contribution is 5.84. The fourth-order valence-corrected chi connectivity index (χ4v) is 6.34. The summed E-state index contributed by atoms with van der Waals surface area (Å²) in [6.07, 6.45) is 2.26. The molecule has 2 atom stereocenters. The van der Waals surface area contributed by atoms with Crippen LogP contribution >= 0.6 is 0 Å². The molecular weight excluding hydrogens is 611 g/mol. The Labute approximate surface area is 271 Å². The Kier molecular flexibility index (Phi) is 9.90. The molecule has 250 valence electrons. The van der Waals surface area contributed by atoms with Gasteiger partial charge in [0.25, 0.3) is 5.56 Å². The molecule has 1 aliphatic rings. The summed E-state index contributed by atoms with van der Waals surface area (Å²) in [5, 5.41) is 12.7. The lowest BCUT2D eigenvalue weighted by Gasteiger charge is -2.31. The first-order chi connectivity index (χ1) is 22.2. The van der Waals surface area contributed by atoms with Crippen LogP contribution in [0.4, 0.5) is 13.2 Å². The molecule has 0 saturated carbocycles. The molecule has 1 amide bonds. The average molecular weight is 652 g/mol. The summed E-state index contributed by atoms with van der Waals surface area (Å²) in [6.45, 7) is 9.66. The Morgan fingerprint density at radius 1 is 1.09 bits per heavy atom. The average Bonchev–Trinajstić information content (AvgIpc) is 3.43.